The summed E-state index contributed by atoms with van der Waals surface area (Å²) in [5.41, 5.74) is 2.42. The van der Waals surface area contributed by atoms with E-state index >= 15 is 0 Å². The molecule has 0 aliphatic carbocycles. The van der Waals surface area contributed by atoms with Crippen molar-refractivity contribution in [3.8, 4) is 0 Å². The van der Waals surface area contributed by atoms with Crippen molar-refractivity contribution < 1.29 is 9.59 Å². The Morgan fingerprint density at radius 3 is 2.48 bits per heavy atom. The highest BCUT2D eigenvalue weighted by Gasteiger charge is 2.43. The van der Waals surface area contributed by atoms with Gasteiger partial charge in [-0.2, -0.15) is 0 Å². The molecule has 2 aromatic carbocycles. The van der Waals surface area contributed by atoms with Gasteiger partial charge in [0.1, 0.15) is 0 Å². The first-order chi connectivity index (χ1) is 11.0. The second-order valence-corrected chi connectivity index (χ2v) is 6.37. The zero-order valence-electron chi connectivity index (χ0n) is 13.1. The van der Waals surface area contributed by atoms with Crippen LogP contribution in [0.3, 0.4) is 0 Å². The zero-order chi connectivity index (χ0) is 16.6. The second kappa shape index (κ2) is 6.17. The maximum absolute atomic E-state index is 12.9. The Bertz CT molecular complexity index is 757. The summed E-state index contributed by atoms with van der Waals surface area (Å²) in [5.74, 6) is -0.634. The third kappa shape index (κ3) is 2.77. The average Bonchev–Trinajstić information content (AvgIpc) is 2.85. The minimum atomic E-state index is -0.330. The Morgan fingerprint density at radius 2 is 1.78 bits per heavy atom. The van der Waals surface area contributed by atoms with Gasteiger partial charge in [0.15, 0.2) is 0 Å². The number of benzene rings is 2. The van der Waals surface area contributed by atoms with E-state index < -0.39 is 0 Å². The van der Waals surface area contributed by atoms with Gasteiger partial charge in [-0.1, -0.05) is 54.9 Å². The largest absolute Gasteiger partial charge is 0.274 e. The number of nitrogens with zero attached hydrogens (tertiary/aromatic N) is 1. The lowest BCUT2D eigenvalue weighted by molar-refractivity contribution is -0.122. The van der Waals surface area contributed by atoms with Crippen LogP contribution >= 0.6 is 11.6 Å². The van der Waals surface area contributed by atoms with Crippen LogP contribution in [-0.2, 0) is 9.59 Å². The summed E-state index contributed by atoms with van der Waals surface area (Å²) < 4.78 is 0. The van der Waals surface area contributed by atoms with Crippen molar-refractivity contribution in [3.05, 3.63) is 64.7 Å². The van der Waals surface area contributed by atoms with Gasteiger partial charge in [0.05, 0.1) is 11.6 Å². The van der Waals surface area contributed by atoms with Gasteiger partial charge in [-0.15, -0.1) is 0 Å². The topological polar surface area (TPSA) is 37.4 Å². The monoisotopic (exact) mass is 327 g/mol. The highest BCUT2D eigenvalue weighted by Crippen LogP contribution is 2.37. The van der Waals surface area contributed by atoms with E-state index in [1.54, 1.807) is 18.2 Å². The molecule has 1 aliphatic heterocycles. The van der Waals surface area contributed by atoms with E-state index in [0.717, 1.165) is 11.1 Å². The minimum Gasteiger partial charge on any atom is -0.274 e. The molecule has 1 heterocycles. The molecule has 0 radical (unpaired) electrons. The summed E-state index contributed by atoms with van der Waals surface area (Å²) in [6.45, 7) is 3.83. The van der Waals surface area contributed by atoms with E-state index in [4.69, 9.17) is 11.6 Å². The number of carbonyl (C=O) groups excluding carboxylic acids is 2. The molecule has 23 heavy (non-hydrogen) atoms. The molecule has 4 heteroatoms. The van der Waals surface area contributed by atoms with Crippen LogP contribution in [0, 0.1) is 12.8 Å². The van der Waals surface area contributed by atoms with E-state index in [2.05, 4.69) is 0 Å². The highest BCUT2D eigenvalue weighted by atomic mass is 35.5. The van der Waals surface area contributed by atoms with Crippen LogP contribution in [-0.4, -0.2) is 11.8 Å². The average molecular weight is 328 g/mol. The van der Waals surface area contributed by atoms with Crippen molar-refractivity contribution in [2.45, 2.75) is 26.2 Å². The number of rotatable bonds is 3. The summed E-state index contributed by atoms with van der Waals surface area (Å²) >= 11 is 6.13. The van der Waals surface area contributed by atoms with Crippen LogP contribution in [0.5, 0.6) is 0 Å². The molecule has 0 N–H and O–H groups in total. The van der Waals surface area contributed by atoms with Gasteiger partial charge < -0.3 is 0 Å². The van der Waals surface area contributed by atoms with E-state index in [0.29, 0.717) is 10.7 Å². The fourth-order valence-electron chi connectivity index (χ4n) is 3.13. The molecule has 3 rings (SSSR count). The molecule has 3 nitrogen and oxygen atoms in total. The molecule has 0 aromatic heterocycles. The predicted octanol–water partition coefficient (Wildman–Crippen LogP) is 4.33. The normalized spacial score (nSPS) is 19.3. The van der Waals surface area contributed by atoms with Gasteiger partial charge in [0.2, 0.25) is 11.8 Å². The smallest absolute Gasteiger partial charge is 0.238 e. The van der Waals surface area contributed by atoms with Crippen molar-refractivity contribution >= 4 is 29.1 Å². The van der Waals surface area contributed by atoms with Crippen LogP contribution in [0.1, 0.15) is 30.4 Å². The van der Waals surface area contributed by atoms with Gasteiger partial charge in [0, 0.05) is 11.4 Å². The molecular weight excluding hydrogens is 310 g/mol. The third-order valence-electron chi connectivity index (χ3n) is 4.59. The molecule has 0 spiro atoms. The maximum atomic E-state index is 12.9. The van der Waals surface area contributed by atoms with E-state index in [-0.39, 0.29) is 30.1 Å². The Labute approximate surface area is 140 Å². The van der Waals surface area contributed by atoms with Gasteiger partial charge in [0.25, 0.3) is 0 Å². The first kappa shape index (κ1) is 15.8. The van der Waals surface area contributed by atoms with Gasteiger partial charge in [-0.05, 0) is 36.1 Å². The molecule has 0 bridgehead atoms. The Hall–Kier alpha value is -2.13. The molecule has 1 fully saturated rings. The van der Waals surface area contributed by atoms with Crippen molar-refractivity contribution in [2.24, 2.45) is 5.92 Å². The van der Waals surface area contributed by atoms with Crippen LogP contribution in [0.4, 0.5) is 5.69 Å². The quantitative estimate of drug-likeness (QED) is 0.787. The summed E-state index contributed by atoms with van der Waals surface area (Å²) in [5, 5.41) is 0.558. The molecule has 118 valence electrons. The zero-order valence-corrected chi connectivity index (χ0v) is 13.9. The highest BCUT2D eigenvalue weighted by molar-refractivity contribution is 6.32. The number of halogens is 1. The van der Waals surface area contributed by atoms with Crippen molar-refractivity contribution in [2.75, 3.05) is 4.90 Å². The predicted molar refractivity (Wildman–Crippen MR) is 91.6 cm³/mol. The second-order valence-electron chi connectivity index (χ2n) is 5.96. The number of carbonyl (C=O) groups is 2. The number of hydrogen-bond donors (Lipinski definition) is 0. The lowest BCUT2D eigenvalue weighted by Gasteiger charge is -2.20. The van der Waals surface area contributed by atoms with Crippen molar-refractivity contribution in [1.82, 2.24) is 0 Å². The first-order valence-electron chi connectivity index (χ1n) is 7.67. The van der Waals surface area contributed by atoms with E-state index in [9.17, 15) is 9.59 Å². The standard InChI is InChI=1S/C19H18ClNO2/c1-12(14-7-4-3-5-8-14)15-11-18(22)21(19(15)23)17-10-6-9-16(20)13(17)2/h3-10,12,15H,11H2,1-2H3/t12-,15+/m0/s1. The summed E-state index contributed by atoms with van der Waals surface area (Å²) in [4.78, 5) is 26.6. The number of imide groups is 1. The summed E-state index contributed by atoms with van der Waals surface area (Å²) in [6.07, 6.45) is 0.237. The molecular formula is C19H18ClNO2. The molecule has 2 atom stereocenters. The van der Waals surface area contributed by atoms with E-state index in [1.165, 1.54) is 4.90 Å². The Balaban J connectivity index is 1.93. The lowest BCUT2D eigenvalue weighted by atomic mass is 9.86. The van der Waals surface area contributed by atoms with Gasteiger partial charge >= 0.3 is 0 Å². The van der Waals surface area contributed by atoms with Crippen LogP contribution in [0.25, 0.3) is 0 Å². The van der Waals surface area contributed by atoms with Crippen molar-refractivity contribution in [3.63, 3.8) is 0 Å². The minimum absolute atomic E-state index is 0.00265. The summed E-state index contributed by atoms with van der Waals surface area (Å²) in [6, 6.07) is 15.1. The first-order valence-corrected chi connectivity index (χ1v) is 8.05. The Morgan fingerprint density at radius 1 is 1.09 bits per heavy atom. The number of hydrogen-bond acceptors (Lipinski definition) is 2. The lowest BCUT2D eigenvalue weighted by Crippen LogP contribution is -2.32. The molecule has 0 saturated carbocycles. The van der Waals surface area contributed by atoms with Crippen molar-refractivity contribution in [1.29, 1.82) is 0 Å². The van der Waals surface area contributed by atoms with Crippen LogP contribution in [0.15, 0.2) is 48.5 Å². The number of anilines is 1. The van der Waals surface area contributed by atoms with Gasteiger partial charge in [-0.3, -0.25) is 9.59 Å². The Kier molecular flexibility index (Phi) is 4.22. The molecule has 1 saturated heterocycles. The molecule has 2 aromatic rings. The fourth-order valence-corrected chi connectivity index (χ4v) is 3.30. The van der Waals surface area contributed by atoms with Gasteiger partial charge in [-0.25, -0.2) is 4.90 Å². The SMILES string of the molecule is Cc1c(Cl)cccc1N1C(=O)C[C@H]([C@@H](C)c2ccccc2)C1=O. The van der Waals surface area contributed by atoms with Crippen LogP contribution in [0.2, 0.25) is 5.02 Å². The van der Waals surface area contributed by atoms with E-state index in [1.807, 2.05) is 44.2 Å². The van der Waals surface area contributed by atoms with Crippen LogP contribution < -0.4 is 4.90 Å². The fraction of sp³-hybridized carbons (Fsp3) is 0.263. The molecule has 2 amide bonds. The number of amides is 2. The summed E-state index contributed by atoms with van der Waals surface area (Å²) in [7, 11) is 0. The molecule has 0 unspecified atom stereocenters. The maximum Gasteiger partial charge on any atom is 0.238 e. The molecule has 1 aliphatic rings. The third-order valence-corrected chi connectivity index (χ3v) is 5.00.